The molecule has 2 rings (SSSR count). The van der Waals surface area contributed by atoms with E-state index < -0.39 is 5.69 Å². The molecule has 1 aromatic heterocycles. The Balaban J connectivity index is 2.33. The summed E-state index contributed by atoms with van der Waals surface area (Å²) in [5.74, 6) is -0.386. The van der Waals surface area contributed by atoms with Crippen LogP contribution in [0.15, 0.2) is 27.8 Å². The van der Waals surface area contributed by atoms with Gasteiger partial charge in [-0.25, -0.2) is 4.79 Å². The first kappa shape index (κ1) is 20.6. The number of nitrogens with one attached hydrogen (secondary N) is 1. The topological polar surface area (TPSA) is 90.4 Å². The highest BCUT2D eigenvalue weighted by Crippen LogP contribution is 2.15. The van der Waals surface area contributed by atoms with Gasteiger partial charge in [0, 0.05) is 24.6 Å². The Morgan fingerprint density at radius 3 is 2.37 bits per heavy atom. The monoisotopic (exact) mass is 374 g/mol. The Kier molecular flexibility index (Phi) is 7.12. The van der Waals surface area contributed by atoms with Gasteiger partial charge in [-0.3, -0.25) is 19.1 Å². The summed E-state index contributed by atoms with van der Waals surface area (Å²) in [5.41, 5.74) is 3.61. The van der Waals surface area contributed by atoms with Crippen LogP contribution >= 0.6 is 0 Å². The highest BCUT2D eigenvalue weighted by molar-refractivity contribution is 5.65. The van der Waals surface area contributed by atoms with Crippen molar-refractivity contribution < 1.29 is 14.3 Å². The Morgan fingerprint density at radius 2 is 1.78 bits per heavy atom. The number of ether oxygens (including phenoxy) is 2. The van der Waals surface area contributed by atoms with Gasteiger partial charge < -0.3 is 9.47 Å². The molecule has 0 aliphatic rings. The molecule has 7 heteroatoms. The van der Waals surface area contributed by atoms with E-state index in [1.54, 1.807) is 0 Å². The second-order valence-corrected chi connectivity index (χ2v) is 6.52. The molecule has 7 nitrogen and oxygen atoms in total. The minimum absolute atomic E-state index is 0.0238. The minimum atomic E-state index is -0.510. The van der Waals surface area contributed by atoms with Gasteiger partial charge in [-0.1, -0.05) is 36.2 Å². The van der Waals surface area contributed by atoms with Crippen molar-refractivity contribution in [2.75, 3.05) is 13.2 Å². The average Bonchev–Trinajstić information content (AvgIpc) is 2.55. The third-order valence-electron chi connectivity index (χ3n) is 4.17. The molecular formula is C20H26N2O5. The number of esters is 1. The smallest absolute Gasteiger partial charge is 0.330 e. The second kappa shape index (κ2) is 9.32. The van der Waals surface area contributed by atoms with Crippen LogP contribution in [0.5, 0.6) is 0 Å². The fourth-order valence-corrected chi connectivity index (χ4v) is 3.12. The molecule has 0 aliphatic carbocycles. The fourth-order valence-electron chi connectivity index (χ4n) is 3.12. The number of hydrogen-bond donors (Lipinski definition) is 1. The Bertz CT molecular complexity index is 907. The number of rotatable bonds is 8. The van der Waals surface area contributed by atoms with Gasteiger partial charge in [-0.05, 0) is 25.8 Å². The molecule has 0 unspecified atom stereocenters. The number of hydrogen-bond acceptors (Lipinski definition) is 5. The minimum Gasteiger partial charge on any atom is -0.463 e. The van der Waals surface area contributed by atoms with E-state index in [9.17, 15) is 14.4 Å². The number of carbonyl (C=O) groups is 1. The fraction of sp³-hybridized carbons (Fsp3) is 0.450. The summed E-state index contributed by atoms with van der Waals surface area (Å²) in [5, 5.41) is 0. The molecule has 146 valence electrons. The van der Waals surface area contributed by atoms with E-state index in [4.69, 9.17) is 9.47 Å². The van der Waals surface area contributed by atoms with Crippen LogP contribution in [0.3, 0.4) is 0 Å². The number of aromatic amines is 1. The van der Waals surface area contributed by atoms with Gasteiger partial charge in [0.05, 0.1) is 6.61 Å². The molecule has 0 aliphatic heterocycles. The van der Waals surface area contributed by atoms with E-state index in [0.717, 1.165) is 16.7 Å². The van der Waals surface area contributed by atoms with Crippen LogP contribution in [-0.2, 0) is 33.8 Å². The Hall–Kier alpha value is -2.67. The van der Waals surface area contributed by atoms with Crippen molar-refractivity contribution in [3.05, 3.63) is 67.0 Å². The maximum Gasteiger partial charge on any atom is 0.330 e. The third-order valence-corrected chi connectivity index (χ3v) is 4.17. The summed E-state index contributed by atoms with van der Waals surface area (Å²) in [6.07, 6.45) is 0.960. The second-order valence-electron chi connectivity index (χ2n) is 6.52. The molecule has 0 spiro atoms. The normalized spacial score (nSPS) is 10.8. The summed E-state index contributed by atoms with van der Waals surface area (Å²) < 4.78 is 11.7. The maximum absolute atomic E-state index is 12.4. The van der Waals surface area contributed by atoms with Crippen molar-refractivity contribution in [1.82, 2.24) is 9.55 Å². The van der Waals surface area contributed by atoms with Crippen molar-refractivity contribution in [2.45, 2.75) is 47.3 Å². The van der Waals surface area contributed by atoms with Gasteiger partial charge in [-0.2, -0.15) is 0 Å². The zero-order valence-electron chi connectivity index (χ0n) is 16.3. The molecule has 1 aromatic carbocycles. The van der Waals surface area contributed by atoms with Crippen LogP contribution in [0.4, 0.5) is 0 Å². The van der Waals surface area contributed by atoms with Crippen LogP contribution in [0.2, 0.25) is 0 Å². The predicted octanol–water partition coefficient (Wildman–Crippen LogP) is 1.84. The van der Waals surface area contributed by atoms with Gasteiger partial charge in [0.25, 0.3) is 5.56 Å². The van der Waals surface area contributed by atoms with Crippen molar-refractivity contribution >= 4 is 5.97 Å². The maximum atomic E-state index is 12.4. The van der Waals surface area contributed by atoms with E-state index in [2.05, 4.69) is 11.1 Å². The van der Waals surface area contributed by atoms with Crippen LogP contribution in [0, 0.1) is 13.8 Å². The molecule has 1 heterocycles. The van der Waals surface area contributed by atoms with E-state index in [-0.39, 0.29) is 31.5 Å². The lowest BCUT2D eigenvalue weighted by Gasteiger charge is -2.16. The number of benzene rings is 1. The lowest BCUT2D eigenvalue weighted by molar-refractivity contribution is -0.142. The molecule has 0 radical (unpaired) electrons. The van der Waals surface area contributed by atoms with Gasteiger partial charge in [0.2, 0.25) is 0 Å². The predicted molar refractivity (Wildman–Crippen MR) is 102 cm³/mol. The van der Waals surface area contributed by atoms with Crippen LogP contribution < -0.4 is 11.2 Å². The van der Waals surface area contributed by atoms with Crippen molar-refractivity contribution in [2.24, 2.45) is 0 Å². The van der Waals surface area contributed by atoms with E-state index >= 15 is 0 Å². The van der Waals surface area contributed by atoms with Crippen LogP contribution in [0.25, 0.3) is 0 Å². The summed E-state index contributed by atoms with van der Waals surface area (Å²) in [7, 11) is 0. The number of H-pyrrole nitrogens is 1. The van der Waals surface area contributed by atoms with Crippen LogP contribution in [0.1, 0.15) is 41.8 Å². The summed E-state index contributed by atoms with van der Waals surface area (Å²) in [6.45, 7) is 7.48. The zero-order valence-corrected chi connectivity index (χ0v) is 16.3. The largest absolute Gasteiger partial charge is 0.463 e. The molecule has 0 amide bonds. The number of carbonyl (C=O) groups excluding carboxylic acids is 1. The van der Waals surface area contributed by atoms with Crippen LogP contribution in [-0.4, -0.2) is 28.7 Å². The molecule has 0 saturated carbocycles. The summed E-state index contributed by atoms with van der Waals surface area (Å²) >= 11 is 0. The highest BCUT2D eigenvalue weighted by atomic mass is 16.6. The highest BCUT2D eigenvalue weighted by Gasteiger charge is 2.15. The molecule has 0 atom stereocenters. The zero-order chi connectivity index (χ0) is 20.0. The molecule has 0 bridgehead atoms. The molecule has 0 fully saturated rings. The summed E-state index contributed by atoms with van der Waals surface area (Å²) in [4.78, 5) is 37.8. The molecule has 27 heavy (non-hydrogen) atoms. The first-order chi connectivity index (χ1) is 12.8. The Morgan fingerprint density at radius 1 is 1.11 bits per heavy atom. The quantitative estimate of drug-likeness (QED) is 0.562. The average molecular weight is 374 g/mol. The lowest BCUT2D eigenvalue weighted by Crippen LogP contribution is -2.36. The molecule has 2 aromatic rings. The standard InChI is InChI=1S/C20H26N2O5/c1-5-17-18(11-16-9-13(2)8-14(3)10-16)22(20(25)21-19(17)24)12-26-6-7-27-15(4)23/h8-10H,5-7,11-12H2,1-4H3,(H,21,24,25). The first-order valence-electron chi connectivity index (χ1n) is 8.95. The van der Waals surface area contributed by atoms with E-state index in [1.807, 2.05) is 32.9 Å². The Labute approximate surface area is 157 Å². The SMILES string of the molecule is CCc1c(Cc2cc(C)cc(C)c2)n(COCCOC(C)=O)c(=O)[nH]c1=O. The number of aryl methyl sites for hydroxylation is 2. The van der Waals surface area contributed by atoms with Gasteiger partial charge in [0.1, 0.15) is 13.3 Å². The van der Waals surface area contributed by atoms with E-state index in [1.165, 1.54) is 11.5 Å². The van der Waals surface area contributed by atoms with E-state index in [0.29, 0.717) is 24.1 Å². The van der Waals surface area contributed by atoms with Gasteiger partial charge in [-0.15, -0.1) is 0 Å². The number of nitrogens with zero attached hydrogens (tertiary/aromatic N) is 1. The van der Waals surface area contributed by atoms with Crippen molar-refractivity contribution in [3.63, 3.8) is 0 Å². The molecule has 1 N–H and O–H groups in total. The van der Waals surface area contributed by atoms with Crippen molar-refractivity contribution in [1.29, 1.82) is 0 Å². The van der Waals surface area contributed by atoms with Crippen molar-refractivity contribution in [3.8, 4) is 0 Å². The van der Waals surface area contributed by atoms with Gasteiger partial charge in [0.15, 0.2) is 0 Å². The molecular weight excluding hydrogens is 348 g/mol. The lowest BCUT2D eigenvalue weighted by atomic mass is 10.0. The van der Waals surface area contributed by atoms with Gasteiger partial charge >= 0.3 is 11.7 Å². The summed E-state index contributed by atoms with van der Waals surface area (Å²) in [6, 6.07) is 6.17. The molecule has 0 saturated heterocycles. The number of aromatic nitrogens is 2. The third kappa shape index (κ3) is 5.65. The first-order valence-corrected chi connectivity index (χ1v) is 8.95.